The summed E-state index contributed by atoms with van der Waals surface area (Å²) in [6, 6.07) is -0.807. The summed E-state index contributed by atoms with van der Waals surface area (Å²) >= 11 is 0. The summed E-state index contributed by atoms with van der Waals surface area (Å²) in [7, 11) is 0. The molecule has 1 fully saturated rings. The molecule has 7 unspecified atom stereocenters. The molecular formula is C61H115NO10. The molecule has 0 aromatic rings. The Hall–Kier alpha value is -1.86. The maximum atomic E-state index is 13.0. The van der Waals surface area contributed by atoms with Crippen molar-refractivity contribution < 1.29 is 49.3 Å². The van der Waals surface area contributed by atoms with Gasteiger partial charge in [0.1, 0.15) is 24.4 Å². The Bertz CT molecular complexity index is 1250. The predicted molar refractivity (Wildman–Crippen MR) is 297 cm³/mol. The molecule has 11 nitrogen and oxygen atoms in total. The first-order valence-corrected chi connectivity index (χ1v) is 30.6. The van der Waals surface area contributed by atoms with Crippen LogP contribution in [0.5, 0.6) is 0 Å². The first-order chi connectivity index (χ1) is 35.2. The fraction of sp³-hybridized carbons (Fsp3) is 0.902. The van der Waals surface area contributed by atoms with E-state index in [1.165, 1.54) is 205 Å². The van der Waals surface area contributed by atoms with E-state index in [9.17, 15) is 35.1 Å². The Labute approximate surface area is 441 Å². The van der Waals surface area contributed by atoms with Gasteiger partial charge in [-0.3, -0.25) is 9.59 Å². The third-order valence-electron chi connectivity index (χ3n) is 14.6. The number of hydrogen-bond acceptors (Lipinski definition) is 10. The largest absolute Gasteiger partial charge is 0.466 e. The van der Waals surface area contributed by atoms with Crippen molar-refractivity contribution in [1.82, 2.24) is 5.32 Å². The molecule has 11 heteroatoms. The molecule has 1 rings (SSSR count). The number of hydrogen-bond donors (Lipinski definition) is 6. The van der Waals surface area contributed by atoms with Gasteiger partial charge >= 0.3 is 5.97 Å². The second-order valence-electron chi connectivity index (χ2n) is 21.4. The van der Waals surface area contributed by atoms with Gasteiger partial charge in [0.25, 0.3) is 0 Å². The number of aliphatic hydroxyl groups excluding tert-OH is 5. The summed E-state index contributed by atoms with van der Waals surface area (Å²) in [4.78, 5) is 25.0. The van der Waals surface area contributed by atoms with Crippen LogP contribution in [0, 0.1) is 0 Å². The molecule has 0 aromatic heterocycles. The Morgan fingerprint density at radius 3 is 1.38 bits per heavy atom. The zero-order chi connectivity index (χ0) is 52.4. The van der Waals surface area contributed by atoms with Crippen molar-refractivity contribution in [3.63, 3.8) is 0 Å². The van der Waals surface area contributed by atoms with Crippen molar-refractivity contribution in [2.75, 3.05) is 19.8 Å². The highest BCUT2D eigenvalue weighted by atomic mass is 16.7. The molecule has 1 aliphatic rings. The number of rotatable bonds is 53. The zero-order valence-corrected chi connectivity index (χ0v) is 46.7. The van der Waals surface area contributed by atoms with Crippen molar-refractivity contribution in [1.29, 1.82) is 0 Å². The Kier molecular flexibility index (Phi) is 48.5. The number of aliphatic hydroxyl groups is 5. The van der Waals surface area contributed by atoms with E-state index in [0.29, 0.717) is 19.4 Å². The van der Waals surface area contributed by atoms with Gasteiger partial charge in [-0.25, -0.2) is 0 Å². The second kappa shape index (κ2) is 51.3. The lowest BCUT2D eigenvalue weighted by molar-refractivity contribution is -0.302. The fourth-order valence-corrected chi connectivity index (χ4v) is 9.65. The van der Waals surface area contributed by atoms with Crippen molar-refractivity contribution in [2.24, 2.45) is 0 Å². The molecule has 72 heavy (non-hydrogen) atoms. The molecule has 0 aromatic carbocycles. The van der Waals surface area contributed by atoms with Crippen LogP contribution < -0.4 is 5.32 Å². The lowest BCUT2D eigenvalue weighted by Crippen LogP contribution is -2.60. The van der Waals surface area contributed by atoms with Gasteiger partial charge in [-0.15, -0.1) is 0 Å². The first-order valence-electron chi connectivity index (χ1n) is 30.6. The molecule has 0 bridgehead atoms. The molecule has 0 aliphatic carbocycles. The van der Waals surface area contributed by atoms with E-state index in [1.54, 1.807) is 6.08 Å². The summed E-state index contributed by atoms with van der Waals surface area (Å²) in [6.07, 6.45) is 51.5. The van der Waals surface area contributed by atoms with Crippen LogP contribution in [0.25, 0.3) is 0 Å². The zero-order valence-electron chi connectivity index (χ0n) is 46.7. The highest BCUT2D eigenvalue weighted by Gasteiger charge is 2.44. The number of allylic oxidation sites excluding steroid dienone is 3. The highest BCUT2D eigenvalue weighted by molar-refractivity contribution is 5.76. The summed E-state index contributed by atoms with van der Waals surface area (Å²) in [5, 5.41) is 54.2. The van der Waals surface area contributed by atoms with E-state index >= 15 is 0 Å². The second-order valence-corrected chi connectivity index (χ2v) is 21.4. The van der Waals surface area contributed by atoms with Crippen LogP contribution in [-0.4, -0.2) is 100 Å². The monoisotopic (exact) mass is 1020 g/mol. The van der Waals surface area contributed by atoms with E-state index in [0.717, 1.165) is 57.8 Å². The first kappa shape index (κ1) is 68.2. The summed E-state index contributed by atoms with van der Waals surface area (Å²) in [5.74, 6) is -0.189. The normalized spacial score (nSPS) is 19.1. The lowest BCUT2D eigenvalue weighted by atomic mass is 9.99. The minimum Gasteiger partial charge on any atom is -0.466 e. The molecule has 0 radical (unpaired) electrons. The molecule has 0 spiro atoms. The molecule has 0 saturated carbocycles. The molecule has 6 N–H and O–H groups in total. The Balaban J connectivity index is 1.98. The van der Waals surface area contributed by atoms with Gasteiger partial charge in [-0.05, 0) is 51.4 Å². The third-order valence-corrected chi connectivity index (χ3v) is 14.6. The average Bonchev–Trinajstić information content (AvgIpc) is 3.38. The van der Waals surface area contributed by atoms with E-state index in [1.807, 2.05) is 6.08 Å². The molecule has 1 saturated heterocycles. The van der Waals surface area contributed by atoms with Crippen LogP contribution in [0.4, 0.5) is 0 Å². The van der Waals surface area contributed by atoms with E-state index in [-0.39, 0.29) is 18.5 Å². The SMILES string of the molecule is CCCC/C=C\CCCCCCCC(=O)OCCCCCCCCCCCCCCCCCCCCCCCCCCC(=O)NC(COC1OC(CO)C(O)C(O)C1O)C(O)/C=C/CCCCCCCCC. The minimum absolute atomic E-state index is 0.00686. The van der Waals surface area contributed by atoms with Crippen molar-refractivity contribution >= 4 is 11.9 Å². The topological polar surface area (TPSA) is 175 Å². The highest BCUT2D eigenvalue weighted by Crippen LogP contribution is 2.23. The molecule has 1 amide bonds. The van der Waals surface area contributed by atoms with E-state index < -0.39 is 49.5 Å². The molecule has 7 atom stereocenters. The molecule has 424 valence electrons. The van der Waals surface area contributed by atoms with Crippen LogP contribution in [0.2, 0.25) is 0 Å². The number of nitrogens with one attached hydrogen (secondary N) is 1. The van der Waals surface area contributed by atoms with Crippen LogP contribution in [-0.2, 0) is 23.8 Å². The number of esters is 1. The average molecular weight is 1020 g/mol. The van der Waals surface area contributed by atoms with Gasteiger partial charge in [0.15, 0.2) is 6.29 Å². The number of carbonyl (C=O) groups excluding carboxylic acids is 2. The van der Waals surface area contributed by atoms with Crippen LogP contribution in [0.1, 0.15) is 290 Å². The van der Waals surface area contributed by atoms with Gasteiger partial charge in [0.05, 0.1) is 32.0 Å². The maximum absolute atomic E-state index is 13.0. The predicted octanol–water partition coefficient (Wildman–Crippen LogP) is 14.1. The smallest absolute Gasteiger partial charge is 0.305 e. The maximum Gasteiger partial charge on any atom is 0.305 e. The van der Waals surface area contributed by atoms with Crippen LogP contribution >= 0.6 is 0 Å². The third kappa shape index (κ3) is 40.5. The van der Waals surface area contributed by atoms with Crippen LogP contribution in [0.3, 0.4) is 0 Å². The van der Waals surface area contributed by atoms with Crippen molar-refractivity contribution in [3.05, 3.63) is 24.3 Å². The number of carbonyl (C=O) groups is 2. The van der Waals surface area contributed by atoms with Crippen molar-refractivity contribution in [2.45, 2.75) is 333 Å². The molecule has 1 heterocycles. The number of unbranched alkanes of at least 4 members (excludes halogenated alkanes) is 37. The van der Waals surface area contributed by atoms with E-state index in [4.69, 9.17) is 14.2 Å². The quantitative estimate of drug-likeness (QED) is 0.0195. The van der Waals surface area contributed by atoms with Crippen molar-refractivity contribution in [3.8, 4) is 0 Å². The van der Waals surface area contributed by atoms with Gasteiger partial charge < -0.3 is 45.1 Å². The van der Waals surface area contributed by atoms with Gasteiger partial charge in [0, 0.05) is 12.8 Å². The minimum atomic E-state index is -1.57. The standard InChI is InChI=1S/C61H115NO10/c1-3-5-7-9-11-13-28-33-37-41-45-49-57(66)70-50-46-42-38-34-30-27-25-23-21-19-17-15-14-16-18-20-22-24-26-29-32-36-40-44-48-56(65)62-53(54(64)47-43-39-35-31-12-10-8-6-4-2)52-71-61-60(69)59(68)58(67)55(51-63)72-61/h9,11,43,47,53-55,58-61,63-64,67-69H,3-8,10,12-42,44-46,48-52H2,1-2H3,(H,62,65)/b11-9-,47-43+. The van der Waals surface area contributed by atoms with Gasteiger partial charge in [-0.1, -0.05) is 250 Å². The summed E-state index contributed by atoms with van der Waals surface area (Å²) in [5.41, 5.74) is 0. The molecular weight excluding hydrogens is 907 g/mol. The lowest BCUT2D eigenvalue weighted by Gasteiger charge is -2.40. The Morgan fingerprint density at radius 1 is 0.500 bits per heavy atom. The number of amides is 1. The molecule has 1 aliphatic heterocycles. The summed E-state index contributed by atoms with van der Waals surface area (Å²) in [6.45, 7) is 4.29. The van der Waals surface area contributed by atoms with E-state index in [2.05, 4.69) is 31.3 Å². The van der Waals surface area contributed by atoms with Crippen LogP contribution in [0.15, 0.2) is 24.3 Å². The summed E-state index contributed by atoms with van der Waals surface area (Å²) < 4.78 is 16.7. The van der Waals surface area contributed by atoms with Gasteiger partial charge in [-0.2, -0.15) is 0 Å². The number of ether oxygens (including phenoxy) is 3. The Morgan fingerprint density at radius 2 is 0.903 bits per heavy atom. The van der Waals surface area contributed by atoms with Gasteiger partial charge in [0.2, 0.25) is 5.91 Å². The fourth-order valence-electron chi connectivity index (χ4n) is 9.65.